The maximum absolute atomic E-state index is 12.7. The summed E-state index contributed by atoms with van der Waals surface area (Å²) in [5.41, 5.74) is 4.16. The average molecular weight is 370 g/mol. The number of hydrogen-bond acceptors (Lipinski definition) is 4. The highest BCUT2D eigenvalue weighted by atomic mass is 32.1. The third kappa shape index (κ3) is 4.00. The van der Waals surface area contributed by atoms with Gasteiger partial charge in [-0.05, 0) is 41.5 Å². The van der Waals surface area contributed by atoms with E-state index in [9.17, 15) is 4.79 Å². The molecule has 0 bridgehead atoms. The number of hydrogen-bond donors (Lipinski definition) is 0. The minimum Gasteiger partial charge on any atom is -0.339 e. The number of amides is 1. The molecule has 0 radical (unpaired) electrons. The first-order valence-electron chi connectivity index (χ1n) is 9.51. The molecule has 0 unspecified atom stereocenters. The van der Waals surface area contributed by atoms with E-state index in [4.69, 9.17) is 0 Å². The average Bonchev–Trinajstić information content (AvgIpc) is 3.12. The Labute approximate surface area is 160 Å². The lowest BCUT2D eigenvalue weighted by Crippen LogP contribution is -2.51. The number of carbonyl (C=O) groups excluding carboxylic acids is 1. The molecule has 1 aromatic heterocycles. The predicted octanol–water partition coefficient (Wildman–Crippen LogP) is 2.76. The van der Waals surface area contributed by atoms with E-state index in [1.165, 1.54) is 21.6 Å². The fourth-order valence-corrected chi connectivity index (χ4v) is 4.81. The van der Waals surface area contributed by atoms with Gasteiger partial charge in [-0.2, -0.15) is 0 Å². The molecule has 0 spiro atoms. The van der Waals surface area contributed by atoms with Crippen LogP contribution in [0.15, 0.2) is 35.7 Å². The Morgan fingerprint density at radius 2 is 1.85 bits per heavy atom. The molecule has 0 N–H and O–H groups in total. The molecule has 1 amide bonds. The standard InChI is InChI=1S/C21H27N3OS/c1-17-4-2-3-5-18(17)14-22-9-11-24(12-10-22)21(25)16-23-8-6-20-19(15-23)7-13-26-20/h2-5,7,13H,6,8-12,14-16H2,1H3. The summed E-state index contributed by atoms with van der Waals surface area (Å²) < 4.78 is 0. The van der Waals surface area contributed by atoms with Crippen molar-refractivity contribution in [2.45, 2.75) is 26.4 Å². The van der Waals surface area contributed by atoms with Crippen molar-refractivity contribution < 1.29 is 4.79 Å². The summed E-state index contributed by atoms with van der Waals surface area (Å²) in [6, 6.07) is 10.8. The van der Waals surface area contributed by atoms with Crippen LogP contribution in [0.5, 0.6) is 0 Å². The number of piperazine rings is 1. The van der Waals surface area contributed by atoms with Crippen molar-refractivity contribution >= 4 is 17.2 Å². The predicted molar refractivity (Wildman–Crippen MR) is 106 cm³/mol. The summed E-state index contributed by atoms with van der Waals surface area (Å²) in [5.74, 6) is 0.291. The fourth-order valence-electron chi connectivity index (χ4n) is 3.92. The Balaban J connectivity index is 1.25. The number of benzene rings is 1. The highest BCUT2D eigenvalue weighted by molar-refractivity contribution is 7.10. The number of fused-ring (bicyclic) bond motifs is 1. The molecular weight excluding hydrogens is 342 g/mol. The van der Waals surface area contributed by atoms with Gasteiger partial charge in [0.25, 0.3) is 0 Å². The van der Waals surface area contributed by atoms with E-state index >= 15 is 0 Å². The Hall–Kier alpha value is -1.69. The van der Waals surface area contributed by atoms with Crippen molar-refractivity contribution in [1.29, 1.82) is 0 Å². The lowest BCUT2D eigenvalue weighted by atomic mass is 10.1. The van der Waals surface area contributed by atoms with Crippen LogP contribution < -0.4 is 0 Å². The van der Waals surface area contributed by atoms with Crippen LogP contribution in [0.4, 0.5) is 0 Å². The third-order valence-corrected chi connectivity index (χ3v) is 6.65. The van der Waals surface area contributed by atoms with Crippen LogP contribution in [0.2, 0.25) is 0 Å². The lowest BCUT2D eigenvalue weighted by molar-refractivity contribution is -0.134. The molecule has 4 rings (SSSR count). The van der Waals surface area contributed by atoms with Crippen LogP contribution in [-0.2, 0) is 24.3 Å². The molecule has 0 atom stereocenters. The molecule has 138 valence electrons. The second-order valence-electron chi connectivity index (χ2n) is 7.41. The Morgan fingerprint density at radius 3 is 2.65 bits per heavy atom. The summed E-state index contributed by atoms with van der Waals surface area (Å²) in [4.78, 5) is 21.0. The zero-order valence-electron chi connectivity index (χ0n) is 15.5. The normalized spacial score (nSPS) is 18.7. The van der Waals surface area contributed by atoms with Crippen molar-refractivity contribution in [3.63, 3.8) is 0 Å². The smallest absolute Gasteiger partial charge is 0.236 e. The van der Waals surface area contributed by atoms with Crippen LogP contribution in [-0.4, -0.2) is 59.9 Å². The van der Waals surface area contributed by atoms with Crippen LogP contribution in [0.3, 0.4) is 0 Å². The Bertz CT molecular complexity index is 764. The van der Waals surface area contributed by atoms with E-state index in [0.29, 0.717) is 12.5 Å². The molecule has 1 aromatic carbocycles. The van der Waals surface area contributed by atoms with E-state index in [-0.39, 0.29) is 0 Å². The van der Waals surface area contributed by atoms with Gasteiger partial charge >= 0.3 is 0 Å². The van der Waals surface area contributed by atoms with Gasteiger partial charge < -0.3 is 4.90 Å². The van der Waals surface area contributed by atoms with Crippen molar-refractivity contribution in [2.75, 3.05) is 39.3 Å². The van der Waals surface area contributed by atoms with Crippen molar-refractivity contribution in [2.24, 2.45) is 0 Å². The topological polar surface area (TPSA) is 26.8 Å². The molecule has 2 aliphatic heterocycles. The molecule has 26 heavy (non-hydrogen) atoms. The van der Waals surface area contributed by atoms with Gasteiger partial charge in [0.05, 0.1) is 6.54 Å². The third-order valence-electron chi connectivity index (χ3n) is 5.63. The molecule has 4 nitrogen and oxygen atoms in total. The number of aryl methyl sites for hydroxylation is 1. The lowest BCUT2D eigenvalue weighted by Gasteiger charge is -2.36. The van der Waals surface area contributed by atoms with Gasteiger partial charge in [-0.1, -0.05) is 24.3 Å². The Kier molecular flexibility index (Phi) is 5.38. The second kappa shape index (κ2) is 7.91. The summed E-state index contributed by atoms with van der Waals surface area (Å²) in [7, 11) is 0. The summed E-state index contributed by atoms with van der Waals surface area (Å²) in [6.45, 7) is 9.29. The first-order chi connectivity index (χ1) is 12.7. The monoisotopic (exact) mass is 369 g/mol. The van der Waals surface area contributed by atoms with Gasteiger partial charge in [0.15, 0.2) is 0 Å². The number of carbonyl (C=O) groups is 1. The van der Waals surface area contributed by atoms with Gasteiger partial charge in [-0.3, -0.25) is 14.6 Å². The minimum atomic E-state index is 0.291. The zero-order chi connectivity index (χ0) is 17.9. The maximum atomic E-state index is 12.7. The largest absolute Gasteiger partial charge is 0.339 e. The van der Waals surface area contributed by atoms with E-state index in [0.717, 1.165) is 52.2 Å². The number of rotatable bonds is 4. The van der Waals surface area contributed by atoms with E-state index in [1.54, 1.807) is 0 Å². The summed E-state index contributed by atoms with van der Waals surface area (Å²) in [5, 5.41) is 2.17. The summed E-state index contributed by atoms with van der Waals surface area (Å²) in [6.07, 6.45) is 1.09. The molecular formula is C21H27N3OS. The molecule has 0 saturated carbocycles. The van der Waals surface area contributed by atoms with Crippen molar-refractivity contribution in [3.05, 3.63) is 57.3 Å². The van der Waals surface area contributed by atoms with Crippen LogP contribution >= 0.6 is 11.3 Å². The molecule has 2 aliphatic rings. The molecule has 0 aliphatic carbocycles. The second-order valence-corrected chi connectivity index (χ2v) is 8.41. The number of thiophene rings is 1. The highest BCUT2D eigenvalue weighted by Gasteiger charge is 2.25. The first kappa shape index (κ1) is 17.7. The molecule has 2 aromatic rings. The summed E-state index contributed by atoms with van der Waals surface area (Å²) >= 11 is 1.85. The molecule has 5 heteroatoms. The first-order valence-corrected chi connectivity index (χ1v) is 10.4. The molecule has 3 heterocycles. The van der Waals surface area contributed by atoms with Crippen LogP contribution in [0.25, 0.3) is 0 Å². The van der Waals surface area contributed by atoms with Crippen LogP contribution in [0.1, 0.15) is 21.6 Å². The van der Waals surface area contributed by atoms with E-state index in [1.807, 2.05) is 11.3 Å². The van der Waals surface area contributed by atoms with Crippen molar-refractivity contribution in [3.8, 4) is 0 Å². The van der Waals surface area contributed by atoms with Crippen LogP contribution in [0, 0.1) is 6.92 Å². The van der Waals surface area contributed by atoms with Gasteiger partial charge in [-0.15, -0.1) is 11.3 Å². The SMILES string of the molecule is Cc1ccccc1CN1CCN(C(=O)CN2CCc3sccc3C2)CC1. The quantitative estimate of drug-likeness (QED) is 0.829. The van der Waals surface area contributed by atoms with Gasteiger partial charge in [-0.25, -0.2) is 0 Å². The number of nitrogens with zero attached hydrogens (tertiary/aromatic N) is 3. The van der Waals surface area contributed by atoms with Gasteiger partial charge in [0, 0.05) is 50.7 Å². The van der Waals surface area contributed by atoms with Crippen molar-refractivity contribution in [1.82, 2.24) is 14.7 Å². The van der Waals surface area contributed by atoms with Gasteiger partial charge in [0.1, 0.15) is 0 Å². The van der Waals surface area contributed by atoms with E-state index in [2.05, 4.69) is 57.3 Å². The zero-order valence-corrected chi connectivity index (χ0v) is 16.3. The highest BCUT2D eigenvalue weighted by Crippen LogP contribution is 2.24. The molecule has 1 saturated heterocycles. The van der Waals surface area contributed by atoms with Gasteiger partial charge in [0.2, 0.25) is 5.91 Å². The minimum absolute atomic E-state index is 0.291. The van der Waals surface area contributed by atoms with E-state index < -0.39 is 0 Å². The maximum Gasteiger partial charge on any atom is 0.236 e. The molecule has 1 fully saturated rings. The Morgan fingerprint density at radius 1 is 1.04 bits per heavy atom. The fraction of sp³-hybridized carbons (Fsp3) is 0.476.